The highest BCUT2D eigenvalue weighted by Gasteiger charge is 2.24. The standard InChI is InChI=1S/C14H22O6/c1-10(15)19-13(2,3)7-8-14(4,5)20-12(17)9-11(16)18-6/h7-8H,9H2,1-6H3. The Hall–Kier alpha value is -1.85. The predicted octanol–water partition coefficient (Wildman–Crippen LogP) is 1.77. The van der Waals surface area contributed by atoms with Gasteiger partial charge in [0, 0.05) is 6.92 Å². The van der Waals surface area contributed by atoms with E-state index in [2.05, 4.69) is 4.74 Å². The molecule has 0 atom stereocenters. The summed E-state index contributed by atoms with van der Waals surface area (Å²) >= 11 is 0. The Morgan fingerprint density at radius 3 is 1.75 bits per heavy atom. The van der Waals surface area contributed by atoms with Crippen molar-refractivity contribution in [1.82, 2.24) is 0 Å². The molecule has 0 heterocycles. The van der Waals surface area contributed by atoms with Gasteiger partial charge in [-0.2, -0.15) is 0 Å². The molecule has 0 unspecified atom stereocenters. The molecule has 0 aliphatic carbocycles. The second kappa shape index (κ2) is 7.07. The molecule has 20 heavy (non-hydrogen) atoms. The Morgan fingerprint density at radius 2 is 1.35 bits per heavy atom. The molecule has 0 N–H and O–H groups in total. The maximum Gasteiger partial charge on any atom is 0.317 e. The van der Waals surface area contributed by atoms with Crippen LogP contribution >= 0.6 is 0 Å². The van der Waals surface area contributed by atoms with E-state index in [9.17, 15) is 14.4 Å². The van der Waals surface area contributed by atoms with Crippen molar-refractivity contribution < 1.29 is 28.6 Å². The summed E-state index contributed by atoms with van der Waals surface area (Å²) in [5, 5.41) is 0. The average molecular weight is 286 g/mol. The molecule has 0 aliphatic heterocycles. The first-order valence-electron chi connectivity index (χ1n) is 6.16. The van der Waals surface area contributed by atoms with Crippen LogP contribution in [0.3, 0.4) is 0 Å². The lowest BCUT2D eigenvalue weighted by Gasteiger charge is -2.25. The van der Waals surface area contributed by atoms with E-state index in [-0.39, 0.29) is 0 Å². The maximum atomic E-state index is 11.5. The zero-order valence-corrected chi connectivity index (χ0v) is 12.8. The van der Waals surface area contributed by atoms with E-state index in [0.29, 0.717) is 0 Å². The Kier molecular flexibility index (Phi) is 6.42. The number of ether oxygens (including phenoxy) is 3. The zero-order valence-electron chi connectivity index (χ0n) is 12.8. The van der Waals surface area contributed by atoms with E-state index in [1.165, 1.54) is 14.0 Å². The van der Waals surface area contributed by atoms with Gasteiger partial charge in [-0.15, -0.1) is 0 Å². The fourth-order valence-electron chi connectivity index (χ4n) is 1.36. The molecule has 0 spiro atoms. The van der Waals surface area contributed by atoms with Crippen LogP contribution in [0.1, 0.15) is 41.0 Å². The van der Waals surface area contributed by atoms with Crippen LogP contribution in [-0.2, 0) is 28.6 Å². The van der Waals surface area contributed by atoms with Gasteiger partial charge in [-0.05, 0) is 39.8 Å². The van der Waals surface area contributed by atoms with Gasteiger partial charge in [0.2, 0.25) is 0 Å². The van der Waals surface area contributed by atoms with Crippen LogP contribution in [0.15, 0.2) is 12.2 Å². The van der Waals surface area contributed by atoms with E-state index < -0.39 is 35.5 Å². The molecule has 0 saturated heterocycles. The minimum absolute atomic E-state index is 0.403. The van der Waals surface area contributed by atoms with Crippen molar-refractivity contribution in [3.8, 4) is 0 Å². The number of methoxy groups -OCH3 is 1. The topological polar surface area (TPSA) is 78.9 Å². The van der Waals surface area contributed by atoms with Crippen molar-refractivity contribution in [3.05, 3.63) is 12.2 Å². The van der Waals surface area contributed by atoms with Gasteiger partial charge in [-0.3, -0.25) is 14.4 Å². The molecule has 0 aliphatic rings. The summed E-state index contributed by atoms with van der Waals surface area (Å²) in [7, 11) is 1.20. The lowest BCUT2D eigenvalue weighted by Crippen LogP contribution is -2.30. The quantitative estimate of drug-likeness (QED) is 0.320. The van der Waals surface area contributed by atoms with Crippen molar-refractivity contribution in [2.75, 3.05) is 7.11 Å². The summed E-state index contributed by atoms with van der Waals surface area (Å²) in [6, 6.07) is 0. The van der Waals surface area contributed by atoms with Crippen molar-refractivity contribution in [3.63, 3.8) is 0 Å². The average Bonchev–Trinajstić information content (AvgIpc) is 2.24. The van der Waals surface area contributed by atoms with Crippen LogP contribution in [0.2, 0.25) is 0 Å². The highest BCUT2D eigenvalue weighted by Crippen LogP contribution is 2.18. The van der Waals surface area contributed by atoms with Crippen LogP contribution < -0.4 is 0 Å². The van der Waals surface area contributed by atoms with Crippen LogP contribution in [-0.4, -0.2) is 36.2 Å². The van der Waals surface area contributed by atoms with Gasteiger partial charge in [-0.1, -0.05) is 0 Å². The second-order valence-electron chi connectivity index (χ2n) is 5.36. The summed E-state index contributed by atoms with van der Waals surface area (Å²) in [5.41, 5.74) is -1.74. The van der Waals surface area contributed by atoms with Crippen molar-refractivity contribution in [2.24, 2.45) is 0 Å². The van der Waals surface area contributed by atoms with Crippen molar-refractivity contribution in [2.45, 2.75) is 52.2 Å². The lowest BCUT2D eigenvalue weighted by molar-refractivity contribution is -0.159. The number of carbonyl (C=O) groups excluding carboxylic acids is 3. The van der Waals surface area contributed by atoms with E-state index in [4.69, 9.17) is 9.47 Å². The number of hydrogen-bond acceptors (Lipinski definition) is 6. The molecule has 0 aromatic carbocycles. The normalized spacial score (nSPS) is 12.1. The summed E-state index contributed by atoms with van der Waals surface area (Å²) in [6.07, 6.45) is 2.78. The molecule has 6 heteroatoms. The molecule has 0 aromatic heterocycles. The van der Waals surface area contributed by atoms with E-state index in [1.807, 2.05) is 0 Å². The molecule has 114 valence electrons. The smallest absolute Gasteiger partial charge is 0.317 e. The first kappa shape index (κ1) is 18.1. The molecule has 0 aromatic rings. The molecular formula is C14H22O6. The fourth-order valence-corrected chi connectivity index (χ4v) is 1.36. The van der Waals surface area contributed by atoms with Gasteiger partial charge >= 0.3 is 17.9 Å². The molecular weight excluding hydrogens is 264 g/mol. The summed E-state index contributed by atoms with van der Waals surface area (Å²) in [6.45, 7) is 8.04. The molecule has 0 saturated carbocycles. The predicted molar refractivity (Wildman–Crippen MR) is 71.8 cm³/mol. The van der Waals surface area contributed by atoms with E-state index >= 15 is 0 Å². The molecule has 6 nitrogen and oxygen atoms in total. The van der Waals surface area contributed by atoms with Gasteiger partial charge in [0.25, 0.3) is 0 Å². The minimum Gasteiger partial charge on any atom is -0.469 e. The lowest BCUT2D eigenvalue weighted by atomic mass is 10.0. The Balaban J connectivity index is 4.61. The molecule has 0 bridgehead atoms. The Labute approximate surface area is 119 Å². The van der Waals surface area contributed by atoms with Gasteiger partial charge in [0.15, 0.2) is 0 Å². The van der Waals surface area contributed by atoms with Crippen molar-refractivity contribution >= 4 is 17.9 Å². The number of esters is 3. The molecule has 0 radical (unpaired) electrons. The zero-order chi connectivity index (χ0) is 16.0. The largest absolute Gasteiger partial charge is 0.469 e. The SMILES string of the molecule is COC(=O)CC(=O)OC(C)(C)C=CC(C)(C)OC(C)=O. The van der Waals surface area contributed by atoms with Crippen LogP contribution in [0.5, 0.6) is 0 Å². The van der Waals surface area contributed by atoms with E-state index in [0.717, 1.165) is 0 Å². The van der Waals surface area contributed by atoms with Crippen molar-refractivity contribution in [1.29, 1.82) is 0 Å². The fraction of sp³-hybridized carbons (Fsp3) is 0.643. The number of rotatable bonds is 6. The van der Waals surface area contributed by atoms with Gasteiger partial charge in [-0.25, -0.2) is 0 Å². The third-order valence-electron chi connectivity index (χ3n) is 2.19. The molecule has 0 rings (SSSR count). The minimum atomic E-state index is -0.928. The Morgan fingerprint density at radius 1 is 0.900 bits per heavy atom. The number of hydrogen-bond donors (Lipinski definition) is 0. The molecule has 0 amide bonds. The van der Waals surface area contributed by atoms with Gasteiger partial charge in [0.1, 0.15) is 17.6 Å². The van der Waals surface area contributed by atoms with Crippen LogP contribution in [0.4, 0.5) is 0 Å². The molecule has 0 fully saturated rings. The van der Waals surface area contributed by atoms with Crippen LogP contribution in [0, 0.1) is 0 Å². The Bertz CT molecular complexity index is 406. The third-order valence-corrected chi connectivity index (χ3v) is 2.19. The van der Waals surface area contributed by atoms with E-state index in [1.54, 1.807) is 39.8 Å². The highest BCUT2D eigenvalue weighted by molar-refractivity contribution is 5.91. The maximum absolute atomic E-state index is 11.5. The van der Waals surface area contributed by atoms with Gasteiger partial charge in [0.05, 0.1) is 7.11 Å². The summed E-state index contributed by atoms with van der Waals surface area (Å²) < 4.78 is 14.6. The summed E-state index contributed by atoms with van der Waals surface area (Å²) in [5.74, 6) is -1.74. The first-order valence-corrected chi connectivity index (χ1v) is 6.16. The second-order valence-corrected chi connectivity index (χ2v) is 5.36. The highest BCUT2D eigenvalue weighted by atomic mass is 16.6. The third kappa shape index (κ3) is 8.29. The first-order chi connectivity index (χ1) is 8.97. The monoisotopic (exact) mass is 286 g/mol. The van der Waals surface area contributed by atoms with Crippen LogP contribution in [0.25, 0.3) is 0 Å². The van der Waals surface area contributed by atoms with Gasteiger partial charge < -0.3 is 14.2 Å². The summed E-state index contributed by atoms with van der Waals surface area (Å²) in [4.78, 5) is 33.4. The number of carbonyl (C=O) groups is 3.